The van der Waals surface area contributed by atoms with Crippen molar-refractivity contribution in [2.75, 3.05) is 0 Å². The topological polar surface area (TPSA) is 23.4 Å². The lowest BCUT2D eigenvalue weighted by Gasteiger charge is -2.27. The predicted molar refractivity (Wildman–Crippen MR) is 106 cm³/mol. The lowest BCUT2D eigenvalue weighted by molar-refractivity contribution is 0.444. The van der Waals surface area contributed by atoms with Gasteiger partial charge in [-0.05, 0) is 41.5 Å². The maximum atomic E-state index is 6.35. The van der Waals surface area contributed by atoms with Crippen LogP contribution < -0.4 is 9.47 Å². The maximum Gasteiger partial charge on any atom is 0.155 e. The Morgan fingerprint density at radius 3 is 2.07 bits per heavy atom. The first-order valence-electron chi connectivity index (χ1n) is 9.04. The Balaban J connectivity index is 1.71. The fourth-order valence-corrected chi connectivity index (χ4v) is 4.43. The molecule has 2 aliphatic rings. The van der Waals surface area contributed by atoms with Gasteiger partial charge in [-0.25, -0.2) is 0 Å². The Bertz CT molecular complexity index is 1410. The van der Waals surface area contributed by atoms with Crippen LogP contribution in [0.2, 0.25) is 0 Å². The third kappa shape index (κ3) is 1.57. The van der Waals surface area contributed by atoms with Crippen molar-refractivity contribution >= 4 is 21.8 Å². The molecular formula is C24H13NO2. The van der Waals surface area contributed by atoms with E-state index < -0.39 is 0 Å². The first-order valence-corrected chi connectivity index (χ1v) is 9.04. The highest BCUT2D eigenvalue weighted by molar-refractivity contribution is 6.15. The summed E-state index contributed by atoms with van der Waals surface area (Å²) in [5.74, 6) is 3.45. The van der Waals surface area contributed by atoms with Gasteiger partial charge in [0.25, 0.3) is 0 Å². The molecule has 4 aromatic carbocycles. The molecule has 0 saturated carbocycles. The molecule has 0 spiro atoms. The molecule has 5 aromatic rings. The van der Waals surface area contributed by atoms with Gasteiger partial charge in [0.1, 0.15) is 5.69 Å². The molecule has 0 unspecified atom stereocenters. The molecule has 2 aliphatic heterocycles. The smallest absolute Gasteiger partial charge is 0.155 e. The zero-order valence-electron chi connectivity index (χ0n) is 14.3. The van der Waals surface area contributed by atoms with Gasteiger partial charge in [-0.1, -0.05) is 48.5 Å². The fraction of sp³-hybridized carbons (Fsp3) is 0. The molecule has 0 saturated heterocycles. The molecule has 3 nitrogen and oxygen atoms in total. The van der Waals surface area contributed by atoms with E-state index >= 15 is 0 Å². The Kier molecular flexibility index (Phi) is 2.25. The molecule has 3 heteroatoms. The van der Waals surface area contributed by atoms with Gasteiger partial charge >= 0.3 is 0 Å². The first-order chi connectivity index (χ1) is 13.4. The molecule has 0 fully saturated rings. The number of para-hydroxylation sites is 2. The first kappa shape index (κ1) is 13.5. The van der Waals surface area contributed by atoms with Crippen LogP contribution in [0.1, 0.15) is 0 Å². The van der Waals surface area contributed by atoms with Crippen molar-refractivity contribution in [1.29, 1.82) is 0 Å². The van der Waals surface area contributed by atoms with Gasteiger partial charge in [0, 0.05) is 10.8 Å². The van der Waals surface area contributed by atoms with E-state index in [0.717, 1.165) is 45.3 Å². The lowest BCUT2D eigenvalue weighted by Crippen LogP contribution is -2.09. The number of hydrogen-bond acceptors (Lipinski definition) is 2. The third-order valence-corrected chi connectivity index (χ3v) is 5.54. The predicted octanol–water partition coefficient (Wildman–Crippen LogP) is 6.66. The highest BCUT2D eigenvalue weighted by Crippen LogP contribution is 2.54. The molecule has 126 valence electrons. The van der Waals surface area contributed by atoms with E-state index in [2.05, 4.69) is 53.1 Å². The molecule has 0 N–H and O–H groups in total. The average Bonchev–Trinajstić information content (AvgIpc) is 3.06. The van der Waals surface area contributed by atoms with Crippen LogP contribution in [-0.4, -0.2) is 4.57 Å². The van der Waals surface area contributed by atoms with Crippen molar-refractivity contribution in [2.45, 2.75) is 0 Å². The van der Waals surface area contributed by atoms with Gasteiger partial charge in [-0.2, -0.15) is 0 Å². The minimum Gasteiger partial charge on any atom is -0.453 e. The summed E-state index contributed by atoms with van der Waals surface area (Å²) in [4.78, 5) is 0. The number of nitrogens with zero attached hydrogens (tertiary/aromatic N) is 1. The van der Waals surface area contributed by atoms with Crippen LogP contribution in [0, 0.1) is 0 Å². The van der Waals surface area contributed by atoms with Gasteiger partial charge in [0.05, 0.1) is 11.0 Å². The average molecular weight is 347 g/mol. The van der Waals surface area contributed by atoms with Gasteiger partial charge < -0.3 is 9.47 Å². The largest absolute Gasteiger partial charge is 0.453 e. The van der Waals surface area contributed by atoms with Gasteiger partial charge in [-0.15, -0.1) is 0 Å². The number of rotatable bonds is 1. The fourth-order valence-electron chi connectivity index (χ4n) is 4.43. The molecule has 0 radical (unpaired) electrons. The maximum absolute atomic E-state index is 6.35. The summed E-state index contributed by atoms with van der Waals surface area (Å²) < 4.78 is 14.9. The Hall–Kier alpha value is -3.72. The molecule has 0 atom stereocenters. The van der Waals surface area contributed by atoms with E-state index in [1.54, 1.807) is 0 Å². The lowest BCUT2D eigenvalue weighted by atomic mass is 10.0. The molecule has 0 bridgehead atoms. The highest BCUT2D eigenvalue weighted by Gasteiger charge is 2.31. The van der Waals surface area contributed by atoms with Crippen LogP contribution in [0.4, 0.5) is 0 Å². The second kappa shape index (κ2) is 4.51. The molecule has 0 amide bonds. The third-order valence-electron chi connectivity index (χ3n) is 5.54. The Labute approximate surface area is 155 Å². The second-order valence-electron chi connectivity index (χ2n) is 7.03. The summed E-state index contributed by atoms with van der Waals surface area (Å²) in [7, 11) is 0. The van der Waals surface area contributed by atoms with Crippen molar-refractivity contribution in [3.8, 4) is 39.8 Å². The van der Waals surface area contributed by atoms with E-state index in [-0.39, 0.29) is 0 Å². The van der Waals surface area contributed by atoms with Crippen LogP contribution in [0.5, 0.6) is 23.0 Å². The van der Waals surface area contributed by atoms with E-state index in [1.165, 1.54) is 16.3 Å². The molecule has 27 heavy (non-hydrogen) atoms. The monoisotopic (exact) mass is 347 g/mol. The Morgan fingerprint density at radius 2 is 1.22 bits per heavy atom. The van der Waals surface area contributed by atoms with Crippen molar-refractivity contribution in [3.05, 3.63) is 78.9 Å². The quantitative estimate of drug-likeness (QED) is 0.331. The summed E-state index contributed by atoms with van der Waals surface area (Å²) in [5, 5.41) is 2.38. The van der Waals surface area contributed by atoms with Crippen LogP contribution in [0.15, 0.2) is 78.9 Å². The highest BCUT2D eigenvalue weighted by atomic mass is 16.5. The summed E-state index contributed by atoms with van der Waals surface area (Å²) in [6, 6.07) is 27.1. The van der Waals surface area contributed by atoms with Crippen LogP contribution in [0.25, 0.3) is 38.6 Å². The summed E-state index contributed by atoms with van der Waals surface area (Å²) in [6.07, 6.45) is 0. The van der Waals surface area contributed by atoms with Crippen LogP contribution in [-0.2, 0) is 0 Å². The van der Waals surface area contributed by atoms with Crippen molar-refractivity contribution in [1.82, 2.24) is 4.57 Å². The van der Waals surface area contributed by atoms with Crippen LogP contribution in [0.3, 0.4) is 0 Å². The zero-order chi connectivity index (χ0) is 17.5. The number of ether oxygens (including phenoxy) is 2. The molecule has 0 aliphatic carbocycles. The standard InChI is InChI=1S/C24H13NO2/c1-2-6-14(7-3-1)15-12-17-16-8-4-9-18-22(16)25-23(17)21(13-15)27-20-11-5-10-19(26-18)24(20)25/h1-13H. The number of hydrogen-bond donors (Lipinski definition) is 0. The molecular weight excluding hydrogens is 334 g/mol. The summed E-state index contributed by atoms with van der Waals surface area (Å²) in [5.41, 5.74) is 5.56. The van der Waals surface area contributed by atoms with Crippen molar-refractivity contribution in [2.24, 2.45) is 0 Å². The molecule has 3 heterocycles. The molecule has 7 rings (SSSR count). The molecule has 1 aromatic heterocycles. The van der Waals surface area contributed by atoms with Gasteiger partial charge in [0.2, 0.25) is 0 Å². The number of fused-ring (bicyclic) bond motifs is 1. The van der Waals surface area contributed by atoms with Crippen molar-refractivity contribution in [3.63, 3.8) is 0 Å². The van der Waals surface area contributed by atoms with Gasteiger partial charge in [-0.3, -0.25) is 4.57 Å². The number of aromatic nitrogens is 1. The van der Waals surface area contributed by atoms with E-state index in [4.69, 9.17) is 9.47 Å². The van der Waals surface area contributed by atoms with Gasteiger partial charge in [0.15, 0.2) is 23.0 Å². The minimum atomic E-state index is 0.832. The van der Waals surface area contributed by atoms with E-state index in [0.29, 0.717) is 0 Å². The summed E-state index contributed by atoms with van der Waals surface area (Å²) in [6.45, 7) is 0. The number of benzene rings is 4. The van der Waals surface area contributed by atoms with Crippen molar-refractivity contribution < 1.29 is 9.47 Å². The van der Waals surface area contributed by atoms with Crippen LogP contribution >= 0.6 is 0 Å². The Morgan fingerprint density at radius 1 is 0.519 bits per heavy atom. The second-order valence-corrected chi connectivity index (χ2v) is 7.03. The minimum absolute atomic E-state index is 0.832. The van der Waals surface area contributed by atoms with E-state index in [9.17, 15) is 0 Å². The van der Waals surface area contributed by atoms with E-state index in [1.807, 2.05) is 30.3 Å². The normalized spacial score (nSPS) is 13.0. The zero-order valence-corrected chi connectivity index (χ0v) is 14.3. The summed E-state index contributed by atoms with van der Waals surface area (Å²) >= 11 is 0. The SMILES string of the molecule is c1ccc(-c2cc3c4c(c2)c2cccc5c2n4-c2c(cccc2O3)O5)cc1.